The first-order chi connectivity index (χ1) is 12.3. The van der Waals surface area contributed by atoms with Gasteiger partial charge in [0.25, 0.3) is 5.91 Å². The van der Waals surface area contributed by atoms with Gasteiger partial charge in [0, 0.05) is 23.1 Å². The Morgan fingerprint density at radius 3 is 2.16 bits per heavy atom. The molecule has 3 aromatic rings. The van der Waals surface area contributed by atoms with Gasteiger partial charge in [0.2, 0.25) is 0 Å². The number of rotatable bonds is 5. The number of aromatic nitrogens is 1. The van der Waals surface area contributed by atoms with Crippen molar-refractivity contribution in [3.05, 3.63) is 89.3 Å². The predicted octanol–water partition coefficient (Wildman–Crippen LogP) is 3.73. The van der Waals surface area contributed by atoms with E-state index in [1.54, 1.807) is 6.07 Å². The van der Waals surface area contributed by atoms with E-state index in [0.717, 1.165) is 29.7 Å². The van der Waals surface area contributed by atoms with E-state index in [0.29, 0.717) is 11.6 Å². The SMILES string of the molecule is O=C(NN=C(c1ccccc1)c1ccccc1)c1cc(C2CC2)on1. The van der Waals surface area contributed by atoms with E-state index in [1.165, 1.54) is 0 Å². The Balaban J connectivity index is 1.59. The number of hydrogen-bond donors (Lipinski definition) is 1. The van der Waals surface area contributed by atoms with E-state index in [2.05, 4.69) is 15.7 Å². The molecule has 1 heterocycles. The van der Waals surface area contributed by atoms with Crippen molar-refractivity contribution >= 4 is 11.6 Å². The molecule has 1 aliphatic rings. The van der Waals surface area contributed by atoms with Gasteiger partial charge in [0.1, 0.15) is 5.76 Å². The molecule has 1 aromatic heterocycles. The lowest BCUT2D eigenvalue weighted by Crippen LogP contribution is -2.21. The van der Waals surface area contributed by atoms with Crippen molar-refractivity contribution in [2.24, 2.45) is 5.10 Å². The van der Waals surface area contributed by atoms with Crippen molar-refractivity contribution in [2.75, 3.05) is 0 Å². The Morgan fingerprint density at radius 2 is 1.60 bits per heavy atom. The molecule has 1 fully saturated rings. The molecule has 5 heteroatoms. The van der Waals surface area contributed by atoms with Gasteiger partial charge in [-0.15, -0.1) is 0 Å². The van der Waals surface area contributed by atoms with Crippen molar-refractivity contribution in [3.8, 4) is 0 Å². The molecule has 0 unspecified atom stereocenters. The average Bonchev–Trinajstić information content (AvgIpc) is 3.40. The van der Waals surface area contributed by atoms with Crippen LogP contribution in [0.2, 0.25) is 0 Å². The molecular formula is C20H17N3O2. The Bertz CT molecular complexity index is 855. The minimum atomic E-state index is -0.375. The molecule has 1 saturated carbocycles. The van der Waals surface area contributed by atoms with E-state index in [1.807, 2.05) is 60.7 Å². The van der Waals surface area contributed by atoms with Gasteiger partial charge in [0.05, 0.1) is 5.71 Å². The van der Waals surface area contributed by atoms with Crippen LogP contribution < -0.4 is 5.43 Å². The van der Waals surface area contributed by atoms with Crippen LogP contribution in [-0.2, 0) is 0 Å². The minimum Gasteiger partial charge on any atom is -0.360 e. The third kappa shape index (κ3) is 3.50. The van der Waals surface area contributed by atoms with Gasteiger partial charge in [-0.25, -0.2) is 5.43 Å². The molecule has 0 atom stereocenters. The monoisotopic (exact) mass is 331 g/mol. The lowest BCUT2D eigenvalue weighted by molar-refractivity contribution is 0.0946. The molecule has 0 spiro atoms. The van der Waals surface area contributed by atoms with Gasteiger partial charge in [-0.1, -0.05) is 65.8 Å². The third-order valence-electron chi connectivity index (χ3n) is 4.10. The summed E-state index contributed by atoms with van der Waals surface area (Å²) in [5.41, 5.74) is 5.39. The zero-order valence-electron chi connectivity index (χ0n) is 13.6. The summed E-state index contributed by atoms with van der Waals surface area (Å²) in [6.45, 7) is 0. The summed E-state index contributed by atoms with van der Waals surface area (Å²) in [7, 11) is 0. The number of nitrogens with zero attached hydrogens (tertiary/aromatic N) is 2. The number of benzene rings is 2. The summed E-state index contributed by atoms with van der Waals surface area (Å²) in [5, 5.41) is 8.19. The normalized spacial score (nSPS) is 13.3. The fourth-order valence-corrected chi connectivity index (χ4v) is 2.61. The van der Waals surface area contributed by atoms with E-state index in [9.17, 15) is 4.79 Å². The summed E-state index contributed by atoms with van der Waals surface area (Å²) in [6, 6.07) is 21.2. The molecule has 0 bridgehead atoms. The Hall–Kier alpha value is -3.21. The summed E-state index contributed by atoms with van der Waals surface area (Å²) in [4.78, 5) is 12.3. The fourth-order valence-electron chi connectivity index (χ4n) is 2.61. The fraction of sp³-hybridized carbons (Fsp3) is 0.150. The maximum Gasteiger partial charge on any atom is 0.293 e. The maximum absolute atomic E-state index is 12.3. The topological polar surface area (TPSA) is 67.5 Å². The van der Waals surface area contributed by atoms with Crippen LogP contribution in [0.1, 0.15) is 46.1 Å². The third-order valence-corrected chi connectivity index (χ3v) is 4.10. The highest BCUT2D eigenvalue weighted by atomic mass is 16.5. The Morgan fingerprint density at radius 1 is 1.00 bits per heavy atom. The van der Waals surface area contributed by atoms with Crippen LogP contribution in [0, 0.1) is 0 Å². The molecule has 4 rings (SSSR count). The molecule has 0 radical (unpaired) electrons. The van der Waals surface area contributed by atoms with Crippen molar-refractivity contribution in [1.82, 2.24) is 10.6 Å². The highest BCUT2D eigenvalue weighted by molar-refractivity contribution is 6.13. The van der Waals surface area contributed by atoms with Gasteiger partial charge in [-0.3, -0.25) is 4.79 Å². The standard InChI is InChI=1S/C20H17N3O2/c24-20(17-13-18(25-23-17)14-11-12-14)22-21-19(15-7-3-1-4-8-15)16-9-5-2-6-10-16/h1-10,13-14H,11-12H2,(H,22,24). The summed E-state index contributed by atoms with van der Waals surface area (Å²) < 4.78 is 5.23. The van der Waals surface area contributed by atoms with E-state index < -0.39 is 0 Å². The zero-order chi connectivity index (χ0) is 17.1. The first-order valence-corrected chi connectivity index (χ1v) is 8.27. The van der Waals surface area contributed by atoms with Crippen LogP contribution in [0.25, 0.3) is 0 Å². The molecule has 25 heavy (non-hydrogen) atoms. The predicted molar refractivity (Wildman–Crippen MR) is 94.5 cm³/mol. The molecule has 124 valence electrons. The summed E-state index contributed by atoms with van der Waals surface area (Å²) in [5.74, 6) is 0.822. The van der Waals surface area contributed by atoms with Gasteiger partial charge in [-0.2, -0.15) is 5.10 Å². The second kappa shape index (κ2) is 6.73. The van der Waals surface area contributed by atoms with Crippen LogP contribution in [0.3, 0.4) is 0 Å². The molecule has 1 amide bonds. The number of carbonyl (C=O) groups is 1. The van der Waals surface area contributed by atoms with Gasteiger partial charge in [0.15, 0.2) is 5.69 Å². The van der Waals surface area contributed by atoms with E-state index >= 15 is 0 Å². The lowest BCUT2D eigenvalue weighted by Gasteiger charge is -2.07. The van der Waals surface area contributed by atoms with Gasteiger partial charge >= 0.3 is 0 Å². The maximum atomic E-state index is 12.3. The lowest BCUT2D eigenvalue weighted by atomic mass is 10.0. The summed E-state index contributed by atoms with van der Waals surface area (Å²) >= 11 is 0. The first-order valence-electron chi connectivity index (χ1n) is 8.27. The quantitative estimate of drug-likeness (QED) is 0.572. The van der Waals surface area contributed by atoms with Crippen LogP contribution in [0.15, 0.2) is 76.4 Å². The number of carbonyl (C=O) groups excluding carboxylic acids is 1. The van der Waals surface area contributed by atoms with Crippen LogP contribution in [-0.4, -0.2) is 16.8 Å². The number of nitrogens with one attached hydrogen (secondary N) is 1. The summed E-state index contributed by atoms with van der Waals surface area (Å²) in [6.07, 6.45) is 2.20. The zero-order valence-corrected chi connectivity index (χ0v) is 13.6. The van der Waals surface area contributed by atoms with Crippen molar-refractivity contribution in [1.29, 1.82) is 0 Å². The molecule has 0 saturated heterocycles. The van der Waals surface area contributed by atoms with Crippen molar-refractivity contribution in [2.45, 2.75) is 18.8 Å². The highest BCUT2D eigenvalue weighted by Gasteiger charge is 2.28. The van der Waals surface area contributed by atoms with Crippen LogP contribution >= 0.6 is 0 Å². The second-order valence-corrected chi connectivity index (χ2v) is 6.02. The van der Waals surface area contributed by atoms with E-state index in [4.69, 9.17) is 4.52 Å². The van der Waals surface area contributed by atoms with E-state index in [-0.39, 0.29) is 11.6 Å². The number of hydrazone groups is 1. The smallest absolute Gasteiger partial charge is 0.293 e. The minimum absolute atomic E-state index is 0.256. The molecular weight excluding hydrogens is 314 g/mol. The van der Waals surface area contributed by atoms with Gasteiger partial charge in [-0.05, 0) is 12.8 Å². The van der Waals surface area contributed by atoms with Gasteiger partial charge < -0.3 is 4.52 Å². The largest absolute Gasteiger partial charge is 0.360 e. The molecule has 1 aliphatic carbocycles. The van der Waals surface area contributed by atoms with Crippen LogP contribution in [0.4, 0.5) is 0 Å². The highest BCUT2D eigenvalue weighted by Crippen LogP contribution is 2.40. The molecule has 1 N–H and O–H groups in total. The first kappa shape index (κ1) is 15.3. The van der Waals surface area contributed by atoms with Crippen LogP contribution in [0.5, 0.6) is 0 Å². The average molecular weight is 331 g/mol. The Labute approximate surface area is 145 Å². The second-order valence-electron chi connectivity index (χ2n) is 6.02. The molecule has 2 aromatic carbocycles. The number of amides is 1. The molecule has 5 nitrogen and oxygen atoms in total. The van der Waals surface area contributed by atoms with Crippen molar-refractivity contribution < 1.29 is 9.32 Å². The Kier molecular flexibility index (Phi) is 4.12. The van der Waals surface area contributed by atoms with Crippen molar-refractivity contribution in [3.63, 3.8) is 0 Å². The molecule has 0 aliphatic heterocycles. The number of hydrogen-bond acceptors (Lipinski definition) is 4.